The highest BCUT2D eigenvalue weighted by Crippen LogP contribution is 2.43. The van der Waals surface area contributed by atoms with Crippen LogP contribution in [0.2, 0.25) is 0 Å². The molecule has 5 heteroatoms. The summed E-state index contributed by atoms with van der Waals surface area (Å²) in [5, 5.41) is 9.48. The number of aliphatic hydroxyl groups excluding tert-OH is 1. The van der Waals surface area contributed by atoms with Gasteiger partial charge in [0.1, 0.15) is 0 Å². The topological polar surface area (TPSA) is 59.0 Å². The van der Waals surface area contributed by atoms with Gasteiger partial charge in [-0.1, -0.05) is 20.8 Å². The van der Waals surface area contributed by atoms with Gasteiger partial charge in [-0.05, 0) is 37.0 Å². The molecule has 0 saturated carbocycles. The molecule has 0 spiro atoms. The average Bonchev–Trinajstić information content (AvgIpc) is 2.49. The Morgan fingerprint density at radius 2 is 2.14 bits per heavy atom. The molecule has 0 saturated heterocycles. The number of anilines is 1. The molecule has 1 atom stereocenters. The Kier molecular flexibility index (Phi) is 5.29. The molecule has 0 aromatic heterocycles. The summed E-state index contributed by atoms with van der Waals surface area (Å²) in [7, 11) is 0. The SMILES string of the molecule is CCCOc1cc(CO)cc2c1OC(C)C(=O)N2CC(C)C. The molecular weight excluding hydrogens is 282 g/mol. The standard InChI is InChI=1S/C17H25NO4/c1-5-6-21-15-8-13(10-19)7-14-16(15)22-12(4)17(20)18(14)9-11(2)3/h7-8,11-12,19H,5-6,9-10H2,1-4H3. The van der Waals surface area contributed by atoms with Crippen LogP contribution in [0.1, 0.15) is 39.7 Å². The lowest BCUT2D eigenvalue weighted by Gasteiger charge is -2.35. The van der Waals surface area contributed by atoms with Crippen LogP contribution in [0, 0.1) is 5.92 Å². The largest absolute Gasteiger partial charge is 0.490 e. The minimum absolute atomic E-state index is 0.0577. The average molecular weight is 307 g/mol. The van der Waals surface area contributed by atoms with Crippen molar-refractivity contribution in [2.45, 2.75) is 46.8 Å². The number of hydrogen-bond donors (Lipinski definition) is 1. The van der Waals surface area contributed by atoms with Gasteiger partial charge in [0.25, 0.3) is 5.91 Å². The fraction of sp³-hybridized carbons (Fsp3) is 0.588. The summed E-state index contributed by atoms with van der Waals surface area (Å²) in [6.45, 7) is 8.99. The number of hydrogen-bond acceptors (Lipinski definition) is 4. The highest BCUT2D eigenvalue weighted by Gasteiger charge is 2.34. The van der Waals surface area contributed by atoms with Crippen molar-refractivity contribution in [1.82, 2.24) is 0 Å². The van der Waals surface area contributed by atoms with E-state index in [0.29, 0.717) is 41.8 Å². The number of rotatable bonds is 6. The molecule has 0 fully saturated rings. The Hall–Kier alpha value is -1.75. The van der Waals surface area contributed by atoms with Gasteiger partial charge in [0, 0.05) is 6.54 Å². The maximum absolute atomic E-state index is 12.4. The monoisotopic (exact) mass is 307 g/mol. The van der Waals surface area contributed by atoms with Gasteiger partial charge in [-0.3, -0.25) is 4.79 Å². The van der Waals surface area contributed by atoms with Crippen LogP contribution in [0.4, 0.5) is 5.69 Å². The molecule has 0 bridgehead atoms. The molecule has 1 N–H and O–H groups in total. The van der Waals surface area contributed by atoms with Crippen LogP contribution in [-0.2, 0) is 11.4 Å². The van der Waals surface area contributed by atoms with E-state index in [1.807, 2.05) is 6.92 Å². The van der Waals surface area contributed by atoms with Crippen molar-refractivity contribution in [3.63, 3.8) is 0 Å². The molecule has 0 aliphatic carbocycles. The Bertz CT molecular complexity index is 542. The van der Waals surface area contributed by atoms with E-state index in [0.717, 1.165) is 6.42 Å². The predicted octanol–water partition coefficient (Wildman–Crippen LogP) is 2.74. The van der Waals surface area contributed by atoms with E-state index in [1.54, 1.807) is 24.0 Å². The number of nitrogens with zero attached hydrogens (tertiary/aromatic N) is 1. The number of benzene rings is 1. The van der Waals surface area contributed by atoms with Crippen LogP contribution in [0.3, 0.4) is 0 Å². The highest BCUT2D eigenvalue weighted by atomic mass is 16.5. The number of amides is 1. The van der Waals surface area contributed by atoms with E-state index in [1.165, 1.54) is 0 Å². The smallest absolute Gasteiger partial charge is 0.267 e. The molecule has 122 valence electrons. The van der Waals surface area contributed by atoms with E-state index in [9.17, 15) is 9.90 Å². The molecule has 1 aliphatic heterocycles. The van der Waals surface area contributed by atoms with Gasteiger partial charge in [0.15, 0.2) is 17.6 Å². The second-order valence-electron chi connectivity index (χ2n) is 6.05. The number of aliphatic hydroxyl groups is 1. The molecule has 1 aromatic carbocycles. The molecule has 2 rings (SSSR count). The second kappa shape index (κ2) is 7.01. The maximum atomic E-state index is 12.4. The van der Waals surface area contributed by atoms with E-state index < -0.39 is 6.10 Å². The van der Waals surface area contributed by atoms with Crippen LogP contribution in [0.25, 0.3) is 0 Å². The lowest BCUT2D eigenvalue weighted by Crippen LogP contribution is -2.46. The Labute approximate surface area is 131 Å². The van der Waals surface area contributed by atoms with Crippen molar-refractivity contribution in [2.24, 2.45) is 5.92 Å². The zero-order chi connectivity index (χ0) is 16.3. The summed E-state index contributed by atoms with van der Waals surface area (Å²) in [4.78, 5) is 14.2. The lowest BCUT2D eigenvalue weighted by molar-refractivity contribution is -0.125. The van der Waals surface area contributed by atoms with Gasteiger partial charge < -0.3 is 19.5 Å². The van der Waals surface area contributed by atoms with E-state index >= 15 is 0 Å². The fourth-order valence-electron chi connectivity index (χ4n) is 2.49. The van der Waals surface area contributed by atoms with Gasteiger partial charge in [0.2, 0.25) is 0 Å². The maximum Gasteiger partial charge on any atom is 0.267 e. The normalized spacial score (nSPS) is 17.5. The predicted molar refractivity (Wildman–Crippen MR) is 85.4 cm³/mol. The summed E-state index contributed by atoms with van der Waals surface area (Å²) >= 11 is 0. The summed E-state index contributed by atoms with van der Waals surface area (Å²) in [5.41, 5.74) is 1.40. The van der Waals surface area contributed by atoms with Crippen LogP contribution in [-0.4, -0.2) is 30.3 Å². The lowest BCUT2D eigenvalue weighted by atomic mass is 10.1. The number of carbonyl (C=O) groups is 1. The fourth-order valence-corrected chi connectivity index (χ4v) is 2.49. The number of ether oxygens (including phenoxy) is 2. The Morgan fingerprint density at radius 1 is 1.41 bits per heavy atom. The van der Waals surface area contributed by atoms with Crippen LogP contribution >= 0.6 is 0 Å². The summed E-state index contributed by atoms with van der Waals surface area (Å²) in [6.07, 6.45) is 0.345. The first-order valence-corrected chi connectivity index (χ1v) is 7.86. The zero-order valence-corrected chi connectivity index (χ0v) is 13.8. The first-order chi connectivity index (χ1) is 10.5. The van der Waals surface area contributed by atoms with Crippen molar-refractivity contribution in [3.05, 3.63) is 17.7 Å². The third-order valence-electron chi connectivity index (χ3n) is 3.49. The first-order valence-electron chi connectivity index (χ1n) is 7.86. The van der Waals surface area contributed by atoms with Crippen molar-refractivity contribution in [2.75, 3.05) is 18.1 Å². The number of fused-ring (bicyclic) bond motifs is 1. The molecular formula is C17H25NO4. The Morgan fingerprint density at radius 3 is 2.73 bits per heavy atom. The molecule has 1 heterocycles. The number of carbonyl (C=O) groups excluding carboxylic acids is 1. The highest BCUT2D eigenvalue weighted by molar-refractivity contribution is 6.00. The summed E-state index contributed by atoms with van der Waals surface area (Å²) in [6, 6.07) is 3.59. The van der Waals surface area contributed by atoms with Crippen molar-refractivity contribution < 1.29 is 19.4 Å². The van der Waals surface area contributed by atoms with E-state index in [4.69, 9.17) is 9.47 Å². The minimum atomic E-state index is -0.532. The minimum Gasteiger partial charge on any atom is -0.490 e. The third kappa shape index (κ3) is 3.35. The van der Waals surface area contributed by atoms with Gasteiger partial charge >= 0.3 is 0 Å². The quantitative estimate of drug-likeness (QED) is 0.878. The van der Waals surface area contributed by atoms with Crippen molar-refractivity contribution in [1.29, 1.82) is 0 Å². The molecule has 5 nitrogen and oxygen atoms in total. The molecule has 22 heavy (non-hydrogen) atoms. The molecule has 1 aromatic rings. The van der Waals surface area contributed by atoms with Crippen LogP contribution in [0.5, 0.6) is 11.5 Å². The van der Waals surface area contributed by atoms with Gasteiger partial charge in [-0.25, -0.2) is 0 Å². The van der Waals surface area contributed by atoms with Gasteiger partial charge in [-0.15, -0.1) is 0 Å². The van der Waals surface area contributed by atoms with E-state index in [-0.39, 0.29) is 12.5 Å². The summed E-state index contributed by atoms with van der Waals surface area (Å²) < 4.78 is 11.5. The van der Waals surface area contributed by atoms with Crippen LogP contribution < -0.4 is 14.4 Å². The molecule has 1 aliphatic rings. The van der Waals surface area contributed by atoms with Crippen LogP contribution in [0.15, 0.2) is 12.1 Å². The molecule has 0 radical (unpaired) electrons. The molecule has 1 unspecified atom stereocenters. The van der Waals surface area contributed by atoms with Gasteiger partial charge in [0.05, 0.1) is 18.9 Å². The third-order valence-corrected chi connectivity index (χ3v) is 3.49. The summed E-state index contributed by atoms with van der Waals surface area (Å²) in [5.74, 6) is 1.47. The van der Waals surface area contributed by atoms with Crippen molar-refractivity contribution >= 4 is 11.6 Å². The second-order valence-corrected chi connectivity index (χ2v) is 6.05. The van der Waals surface area contributed by atoms with Crippen molar-refractivity contribution in [3.8, 4) is 11.5 Å². The van der Waals surface area contributed by atoms with E-state index in [2.05, 4.69) is 13.8 Å². The molecule has 1 amide bonds. The Balaban J connectivity index is 2.49. The first kappa shape index (κ1) is 16.6. The van der Waals surface area contributed by atoms with Gasteiger partial charge in [-0.2, -0.15) is 0 Å². The zero-order valence-electron chi connectivity index (χ0n) is 13.8.